The van der Waals surface area contributed by atoms with Crippen molar-refractivity contribution < 1.29 is 5.11 Å². The number of aromatic hydroxyl groups is 1. The number of benzene rings is 1. The van der Waals surface area contributed by atoms with Crippen molar-refractivity contribution in [1.82, 2.24) is 0 Å². The van der Waals surface area contributed by atoms with Gasteiger partial charge in [-0.3, -0.25) is 0 Å². The summed E-state index contributed by atoms with van der Waals surface area (Å²) in [5.74, 6) is 1.39. The largest absolute Gasteiger partial charge is 0.508 e. The standard InChI is InChI=1S/C11H15IO/c1-7(2)8(3)10-6-9(12)4-5-11(10)13/h4-8,13H,1-3H3. The van der Waals surface area contributed by atoms with Gasteiger partial charge < -0.3 is 5.11 Å². The monoisotopic (exact) mass is 290 g/mol. The van der Waals surface area contributed by atoms with Gasteiger partial charge in [0, 0.05) is 3.57 Å². The minimum absolute atomic E-state index is 0.412. The molecule has 0 spiro atoms. The van der Waals surface area contributed by atoms with Crippen LogP contribution < -0.4 is 0 Å². The Bertz CT molecular complexity index is 294. The summed E-state index contributed by atoms with van der Waals surface area (Å²) in [6.07, 6.45) is 0. The van der Waals surface area contributed by atoms with E-state index >= 15 is 0 Å². The van der Waals surface area contributed by atoms with Crippen LogP contribution in [0.3, 0.4) is 0 Å². The molecule has 1 aromatic carbocycles. The molecule has 0 fully saturated rings. The molecule has 1 nitrogen and oxygen atoms in total. The lowest BCUT2D eigenvalue weighted by atomic mass is 9.90. The Hall–Kier alpha value is -0.250. The highest BCUT2D eigenvalue weighted by atomic mass is 127. The maximum Gasteiger partial charge on any atom is 0.119 e. The van der Waals surface area contributed by atoms with Crippen LogP contribution in [0, 0.1) is 9.49 Å². The van der Waals surface area contributed by atoms with E-state index in [2.05, 4.69) is 49.4 Å². The zero-order valence-corrected chi connectivity index (χ0v) is 10.4. The summed E-state index contributed by atoms with van der Waals surface area (Å²) in [6.45, 7) is 6.49. The maximum absolute atomic E-state index is 9.65. The van der Waals surface area contributed by atoms with Gasteiger partial charge in [0.2, 0.25) is 0 Å². The van der Waals surface area contributed by atoms with Crippen LogP contribution in [0.25, 0.3) is 0 Å². The molecule has 2 heteroatoms. The molecule has 0 aromatic heterocycles. The highest BCUT2D eigenvalue weighted by Gasteiger charge is 2.13. The van der Waals surface area contributed by atoms with E-state index in [0.717, 1.165) is 5.56 Å². The summed E-state index contributed by atoms with van der Waals surface area (Å²) in [5, 5.41) is 9.65. The number of rotatable bonds is 2. The molecule has 1 aromatic rings. The molecule has 0 aliphatic carbocycles. The summed E-state index contributed by atoms with van der Waals surface area (Å²) >= 11 is 2.27. The summed E-state index contributed by atoms with van der Waals surface area (Å²) in [5.41, 5.74) is 1.06. The van der Waals surface area contributed by atoms with Crippen LogP contribution in [0.2, 0.25) is 0 Å². The molecule has 1 atom stereocenters. The predicted octanol–water partition coefficient (Wildman–Crippen LogP) is 3.76. The first-order chi connectivity index (χ1) is 6.02. The quantitative estimate of drug-likeness (QED) is 0.822. The van der Waals surface area contributed by atoms with Gasteiger partial charge >= 0.3 is 0 Å². The van der Waals surface area contributed by atoms with Crippen LogP contribution in [-0.4, -0.2) is 5.11 Å². The normalized spacial score (nSPS) is 13.3. The number of halogens is 1. The van der Waals surface area contributed by atoms with Crippen LogP contribution in [0.5, 0.6) is 5.75 Å². The first kappa shape index (κ1) is 10.8. The second-order valence-electron chi connectivity index (χ2n) is 3.74. The van der Waals surface area contributed by atoms with Gasteiger partial charge in [0.05, 0.1) is 0 Å². The van der Waals surface area contributed by atoms with Gasteiger partial charge in [-0.25, -0.2) is 0 Å². The molecule has 0 saturated carbocycles. The van der Waals surface area contributed by atoms with Crippen LogP contribution in [-0.2, 0) is 0 Å². The van der Waals surface area contributed by atoms with E-state index in [-0.39, 0.29) is 0 Å². The van der Waals surface area contributed by atoms with E-state index in [1.165, 1.54) is 3.57 Å². The van der Waals surface area contributed by atoms with Crippen molar-refractivity contribution >= 4 is 22.6 Å². The van der Waals surface area contributed by atoms with E-state index in [4.69, 9.17) is 0 Å². The Morgan fingerprint density at radius 2 is 1.85 bits per heavy atom. The number of hydrogen-bond acceptors (Lipinski definition) is 1. The molecule has 1 unspecified atom stereocenters. The maximum atomic E-state index is 9.65. The fourth-order valence-corrected chi connectivity index (χ4v) is 1.76. The number of phenolic OH excluding ortho intramolecular Hbond substituents is 1. The van der Waals surface area contributed by atoms with Crippen molar-refractivity contribution in [3.63, 3.8) is 0 Å². The molecular formula is C11H15IO. The summed E-state index contributed by atoms with van der Waals surface area (Å²) in [7, 11) is 0. The molecule has 13 heavy (non-hydrogen) atoms. The van der Waals surface area contributed by atoms with Gasteiger partial charge in [0.15, 0.2) is 0 Å². The van der Waals surface area contributed by atoms with Crippen molar-refractivity contribution in [2.45, 2.75) is 26.7 Å². The van der Waals surface area contributed by atoms with Crippen molar-refractivity contribution in [3.05, 3.63) is 27.3 Å². The van der Waals surface area contributed by atoms with Gasteiger partial charge in [-0.2, -0.15) is 0 Å². The summed E-state index contributed by atoms with van der Waals surface area (Å²) in [6, 6.07) is 5.75. The molecule has 0 bridgehead atoms. The fourth-order valence-electron chi connectivity index (χ4n) is 1.25. The molecule has 1 rings (SSSR count). The third-order valence-corrected chi connectivity index (χ3v) is 3.15. The first-order valence-corrected chi connectivity index (χ1v) is 5.58. The predicted molar refractivity (Wildman–Crippen MR) is 64.1 cm³/mol. The zero-order chi connectivity index (χ0) is 10.0. The Labute approximate surface area is 93.3 Å². The van der Waals surface area contributed by atoms with Gasteiger partial charge in [-0.1, -0.05) is 20.8 Å². The van der Waals surface area contributed by atoms with Crippen LogP contribution in [0.1, 0.15) is 32.3 Å². The minimum Gasteiger partial charge on any atom is -0.508 e. The van der Waals surface area contributed by atoms with E-state index < -0.39 is 0 Å². The molecular weight excluding hydrogens is 275 g/mol. The minimum atomic E-state index is 0.412. The third kappa shape index (κ3) is 2.59. The van der Waals surface area contributed by atoms with E-state index in [9.17, 15) is 5.11 Å². The van der Waals surface area contributed by atoms with Crippen molar-refractivity contribution in [2.24, 2.45) is 5.92 Å². The lowest BCUT2D eigenvalue weighted by Gasteiger charge is -2.17. The van der Waals surface area contributed by atoms with Crippen LogP contribution >= 0.6 is 22.6 Å². The molecule has 72 valence electrons. The Morgan fingerprint density at radius 3 is 2.38 bits per heavy atom. The van der Waals surface area contributed by atoms with E-state index in [1.54, 1.807) is 6.07 Å². The lowest BCUT2D eigenvalue weighted by Crippen LogP contribution is -2.02. The van der Waals surface area contributed by atoms with Crippen LogP contribution in [0.15, 0.2) is 18.2 Å². The molecule has 1 N–H and O–H groups in total. The molecule has 0 amide bonds. The smallest absolute Gasteiger partial charge is 0.119 e. The van der Waals surface area contributed by atoms with Crippen molar-refractivity contribution in [1.29, 1.82) is 0 Å². The third-order valence-electron chi connectivity index (χ3n) is 2.48. The second kappa shape index (κ2) is 4.31. The average molecular weight is 290 g/mol. The highest BCUT2D eigenvalue weighted by Crippen LogP contribution is 2.31. The van der Waals surface area contributed by atoms with Gasteiger partial charge in [0.1, 0.15) is 5.75 Å². The molecule has 0 aliphatic rings. The topological polar surface area (TPSA) is 20.2 Å². The van der Waals surface area contributed by atoms with Crippen LogP contribution in [0.4, 0.5) is 0 Å². The van der Waals surface area contributed by atoms with E-state index in [0.29, 0.717) is 17.6 Å². The van der Waals surface area contributed by atoms with Crippen molar-refractivity contribution in [2.75, 3.05) is 0 Å². The van der Waals surface area contributed by atoms with Gasteiger partial charge in [-0.15, -0.1) is 0 Å². The summed E-state index contributed by atoms with van der Waals surface area (Å²) in [4.78, 5) is 0. The number of phenols is 1. The molecule has 0 radical (unpaired) electrons. The number of hydrogen-bond donors (Lipinski definition) is 1. The Kier molecular flexibility index (Phi) is 3.59. The van der Waals surface area contributed by atoms with Gasteiger partial charge in [-0.05, 0) is 58.2 Å². The second-order valence-corrected chi connectivity index (χ2v) is 4.98. The summed E-state index contributed by atoms with van der Waals surface area (Å²) < 4.78 is 1.18. The van der Waals surface area contributed by atoms with Crippen molar-refractivity contribution in [3.8, 4) is 5.75 Å². The first-order valence-electron chi connectivity index (χ1n) is 4.50. The lowest BCUT2D eigenvalue weighted by molar-refractivity contribution is 0.445. The molecule has 0 aliphatic heterocycles. The SMILES string of the molecule is CC(C)C(C)c1cc(I)ccc1O. The van der Waals surface area contributed by atoms with E-state index in [1.807, 2.05) is 6.07 Å². The molecule has 0 heterocycles. The zero-order valence-electron chi connectivity index (χ0n) is 8.21. The molecule has 0 saturated heterocycles. The highest BCUT2D eigenvalue weighted by molar-refractivity contribution is 14.1. The Morgan fingerprint density at radius 1 is 1.23 bits per heavy atom. The fraction of sp³-hybridized carbons (Fsp3) is 0.455. The Balaban J connectivity index is 3.05. The van der Waals surface area contributed by atoms with Gasteiger partial charge in [0.25, 0.3) is 0 Å². The average Bonchev–Trinajstić information content (AvgIpc) is 2.08.